The van der Waals surface area contributed by atoms with Crippen molar-refractivity contribution in [1.82, 2.24) is 83.3 Å². The Labute approximate surface area is 797 Å². The first kappa shape index (κ1) is 92.0. The van der Waals surface area contributed by atoms with Crippen LogP contribution in [0.1, 0.15) is 69.2 Å². The van der Waals surface area contributed by atoms with Crippen LogP contribution in [0.15, 0.2) is 391 Å². The fourth-order valence-electron chi connectivity index (χ4n) is 15.8. The summed E-state index contributed by atoms with van der Waals surface area (Å²) in [4.78, 5) is 134. The summed E-state index contributed by atoms with van der Waals surface area (Å²) in [6.45, 7) is 4.18. The van der Waals surface area contributed by atoms with Crippen molar-refractivity contribution in [2.24, 2.45) is 0 Å². The SMILES string of the molecule is CN(C)c1ccc(CNC(=O)c2ccc(Nc3ccc(-c4cc[nH]c(=O)c4)n4ccnc34)cc2)cc1.CN(CCc1ccccc1)C(=O)c1ccc(Nc2ccc(-c3cc[nH]c(=O)c3)n3ccnc23)cc1.Cc1ccccc1CNC(=O)c1ccc(Nc2ccc(-c3cc[nH]c(=O)c3)n3ccnc23)cc1.O=C(NCCc1cccnc1)c1ccc(Nc2ccc(-c3cc[nH]c(=O)c3)n3ccnc23)cc1. The predicted molar refractivity (Wildman–Crippen MR) is 546 cm³/mol. The van der Waals surface area contributed by atoms with Crippen molar-refractivity contribution >= 4 is 97.4 Å². The number of carbonyl (C=O) groups is 4. The molecule has 30 nitrogen and oxygen atoms in total. The van der Waals surface area contributed by atoms with Gasteiger partial charge in [-0.2, -0.15) is 0 Å². The molecule has 13 heterocycles. The molecule has 30 heteroatoms. The molecule has 139 heavy (non-hydrogen) atoms. The van der Waals surface area contributed by atoms with Crippen molar-refractivity contribution in [1.29, 1.82) is 0 Å². The summed E-state index contributed by atoms with van der Waals surface area (Å²) < 4.78 is 7.74. The second kappa shape index (κ2) is 43.2. The first-order valence-corrected chi connectivity index (χ1v) is 44.7. The van der Waals surface area contributed by atoms with Gasteiger partial charge < -0.3 is 67.0 Å². The number of carbonyl (C=O) groups excluding carboxylic acids is 4. The topological polar surface area (TPSA) is 372 Å². The van der Waals surface area contributed by atoms with Gasteiger partial charge in [-0.1, -0.05) is 72.8 Å². The molecule has 0 aliphatic rings. The minimum Gasteiger partial charge on any atom is -0.378 e. The van der Waals surface area contributed by atoms with Gasteiger partial charge in [0.2, 0.25) is 22.2 Å². The largest absolute Gasteiger partial charge is 0.378 e. The summed E-state index contributed by atoms with van der Waals surface area (Å²) in [5.41, 5.74) is 24.7. The van der Waals surface area contributed by atoms with Gasteiger partial charge in [0.1, 0.15) is 0 Å². The van der Waals surface area contributed by atoms with Gasteiger partial charge in [0.25, 0.3) is 23.6 Å². The molecule has 0 aliphatic carbocycles. The van der Waals surface area contributed by atoms with Crippen LogP contribution in [-0.4, -0.2) is 125 Å². The second-order valence-electron chi connectivity index (χ2n) is 32.8. The van der Waals surface area contributed by atoms with E-state index in [0.29, 0.717) is 48.4 Å². The molecule has 11 N–H and O–H groups in total. The van der Waals surface area contributed by atoms with Crippen LogP contribution in [0.2, 0.25) is 0 Å². The number of aryl methyl sites for hydroxylation is 1. The average Bonchev–Trinajstić information content (AvgIpc) is 1.69. The van der Waals surface area contributed by atoms with Crippen molar-refractivity contribution in [2.75, 3.05) is 60.4 Å². The van der Waals surface area contributed by atoms with Gasteiger partial charge in [-0.05, 0) is 236 Å². The van der Waals surface area contributed by atoms with Crippen LogP contribution in [0.3, 0.4) is 0 Å². The number of aromatic nitrogens is 13. The zero-order valence-electron chi connectivity index (χ0n) is 76.1. The molecule has 13 aromatic heterocycles. The van der Waals surface area contributed by atoms with E-state index in [1.54, 1.807) is 128 Å². The van der Waals surface area contributed by atoms with Crippen molar-refractivity contribution in [2.45, 2.75) is 32.9 Å². The molecule has 690 valence electrons. The Hall–Kier alpha value is -18.9. The third-order valence-electron chi connectivity index (χ3n) is 23.1. The first-order chi connectivity index (χ1) is 67.8. The number of hydrogen-bond acceptors (Lipinski definition) is 18. The van der Waals surface area contributed by atoms with Crippen LogP contribution in [0.4, 0.5) is 51.2 Å². The molecule has 20 rings (SSSR count). The van der Waals surface area contributed by atoms with Gasteiger partial charge in [0.05, 0.1) is 45.5 Å². The minimum absolute atomic E-state index is 0.00895. The monoisotopic (exact) mass is 1840 g/mol. The van der Waals surface area contributed by atoms with Gasteiger partial charge in [-0.3, -0.25) is 60.9 Å². The van der Waals surface area contributed by atoms with E-state index in [1.165, 1.54) is 5.56 Å². The number of nitrogens with zero attached hydrogens (tertiary/aromatic N) is 11. The number of H-pyrrole nitrogens is 4. The van der Waals surface area contributed by atoms with Crippen molar-refractivity contribution in [3.8, 4) is 45.0 Å². The molecule has 0 radical (unpaired) electrons. The third-order valence-corrected chi connectivity index (χ3v) is 23.1. The maximum atomic E-state index is 12.8. The van der Waals surface area contributed by atoms with Gasteiger partial charge in [-0.15, -0.1) is 0 Å². The summed E-state index contributed by atoms with van der Waals surface area (Å²) in [6.07, 6.45) is 25.9. The van der Waals surface area contributed by atoms with Crippen LogP contribution in [0.5, 0.6) is 0 Å². The van der Waals surface area contributed by atoms with E-state index in [4.69, 9.17) is 0 Å². The molecule has 4 amide bonds. The number of imidazole rings is 4. The Morgan fingerprint density at radius 2 is 0.698 bits per heavy atom. The standard InChI is InChI=1S/C28H26N6O2.C28H25N5O2.C27H23N5O2.C26H22N6O2/c1-33(2)23-9-3-19(4-10-23)18-31-28(36)20-5-7-22(8-6-20)32-24-11-12-25(34-16-15-30-27(24)34)21-13-14-29-26(35)17-21;1-32(17-14-20-5-3-2-4-6-20)28(35)21-7-9-23(10-8-21)31-24-11-12-25(33-18-16-30-27(24)33)22-13-15-29-26(34)19-22;1-18-4-2-3-5-21(18)17-30-27(34)19-6-8-22(9-7-19)31-23-10-11-24(32-15-14-29-26(23)32)20-12-13-28-25(33)16-20;33-24-16-20(10-13-28-24)23-8-7-22(25-29-14-15-32(23)25)31-21-5-3-19(4-6-21)26(34)30-12-9-18-2-1-11-27-17-18/h3-17,32H,18H2,1-2H3,(H,29,35)(H,31,36);2-13,15-16,18-19,31H,14,17H2,1H3,(H,29,34);2-16,31H,17H2,1H3,(H,28,33)(H,30,34);1-8,10-11,13-17,31H,9,12H2,(H,28,33)(H,30,34). The average molecular weight is 1840 g/mol. The molecule has 0 saturated carbocycles. The van der Waals surface area contributed by atoms with E-state index < -0.39 is 0 Å². The van der Waals surface area contributed by atoms with Crippen LogP contribution in [-0.2, 0) is 25.9 Å². The second-order valence-corrected chi connectivity index (χ2v) is 32.8. The molecular weight excluding hydrogens is 1750 g/mol. The fraction of sp³-hybridized carbons (Fsp3) is 0.0917. The Kier molecular flexibility index (Phi) is 28.6. The van der Waals surface area contributed by atoms with Crippen LogP contribution in [0, 0.1) is 6.92 Å². The number of hydrogen-bond donors (Lipinski definition) is 11. The van der Waals surface area contributed by atoms with Gasteiger partial charge in [0.15, 0.2) is 22.6 Å². The van der Waals surface area contributed by atoms with Gasteiger partial charge >= 0.3 is 0 Å². The lowest BCUT2D eigenvalue weighted by Crippen LogP contribution is -2.28. The lowest BCUT2D eigenvalue weighted by molar-refractivity contribution is 0.0795. The number of benzene rings is 7. The lowest BCUT2D eigenvalue weighted by atomic mass is 10.1. The summed E-state index contributed by atoms with van der Waals surface area (Å²) in [5, 5.41) is 22.4. The molecule has 0 fully saturated rings. The zero-order valence-corrected chi connectivity index (χ0v) is 76.1. The van der Waals surface area contributed by atoms with Crippen LogP contribution in [0.25, 0.3) is 67.6 Å². The highest BCUT2D eigenvalue weighted by Crippen LogP contribution is 2.33. The number of aromatic amines is 4. The number of amides is 4. The number of pyridine rings is 9. The molecule has 0 unspecified atom stereocenters. The Balaban J connectivity index is 0.000000128. The van der Waals surface area contributed by atoms with Crippen LogP contribution >= 0.6 is 0 Å². The minimum atomic E-state index is -0.158. The van der Waals surface area contributed by atoms with E-state index >= 15 is 0 Å². The normalized spacial score (nSPS) is 10.8. The van der Waals surface area contributed by atoms with Crippen LogP contribution < -0.4 is 64.4 Å². The Bertz CT molecular complexity index is 7990. The number of anilines is 9. The van der Waals surface area contributed by atoms with Gasteiger partial charge in [-0.25, -0.2) is 19.9 Å². The number of rotatable bonds is 27. The smallest absolute Gasteiger partial charge is 0.253 e. The number of nitrogens with one attached hydrogen (secondary N) is 11. The molecular formula is C109H96N22O8. The first-order valence-electron chi connectivity index (χ1n) is 44.7. The Morgan fingerprint density at radius 1 is 0.338 bits per heavy atom. The van der Waals surface area contributed by atoms with E-state index in [-0.39, 0.29) is 45.9 Å². The van der Waals surface area contributed by atoms with E-state index in [2.05, 4.69) is 94.2 Å². The maximum Gasteiger partial charge on any atom is 0.253 e. The predicted octanol–water partition coefficient (Wildman–Crippen LogP) is 17.6. The summed E-state index contributed by atoms with van der Waals surface area (Å²) in [7, 11) is 5.82. The number of fused-ring (bicyclic) bond motifs is 4. The van der Waals surface area contributed by atoms with E-state index in [0.717, 1.165) is 154 Å². The summed E-state index contributed by atoms with van der Waals surface area (Å²) >= 11 is 0. The summed E-state index contributed by atoms with van der Waals surface area (Å²) in [6, 6.07) is 88.7. The fourth-order valence-corrected chi connectivity index (χ4v) is 15.8. The molecule has 7 aromatic carbocycles. The Morgan fingerprint density at radius 3 is 1.06 bits per heavy atom. The lowest BCUT2D eigenvalue weighted by Gasteiger charge is -2.17. The molecule has 0 atom stereocenters. The zero-order chi connectivity index (χ0) is 96.1. The van der Waals surface area contributed by atoms with Gasteiger partial charge in [0, 0.05) is 231 Å². The highest BCUT2D eigenvalue weighted by atomic mass is 16.2. The van der Waals surface area contributed by atoms with Crippen molar-refractivity contribution in [3.05, 3.63) is 463 Å². The van der Waals surface area contributed by atoms with E-state index in [1.807, 2.05) is 288 Å². The van der Waals surface area contributed by atoms with Crippen molar-refractivity contribution in [3.63, 3.8) is 0 Å². The quantitative estimate of drug-likeness (QED) is 0.0228. The molecule has 20 aromatic rings. The van der Waals surface area contributed by atoms with Crippen molar-refractivity contribution < 1.29 is 19.2 Å². The highest BCUT2D eigenvalue weighted by Gasteiger charge is 2.19. The maximum absolute atomic E-state index is 12.8. The highest BCUT2D eigenvalue weighted by molar-refractivity contribution is 5.97. The number of likely N-dealkylation sites (N-methyl/N-ethyl adjacent to an activating group) is 1. The molecule has 0 saturated heterocycles. The van der Waals surface area contributed by atoms with E-state index in [9.17, 15) is 38.4 Å². The molecule has 0 bridgehead atoms. The molecule has 0 spiro atoms. The summed E-state index contributed by atoms with van der Waals surface area (Å²) in [5.74, 6) is -0.373. The molecule has 0 aliphatic heterocycles. The third kappa shape index (κ3) is 22.9.